The molecule has 25 nitrogen and oxygen atoms in total. The minimum Gasteiger partial charge on any atom is -0.481 e. The average Bonchev–Trinajstić information content (AvgIpc) is 1.56. The molecule has 91 heavy (non-hydrogen) atoms. The molecule has 8 heterocycles. The van der Waals surface area contributed by atoms with Crippen LogP contribution < -0.4 is 16.0 Å². The minimum atomic E-state index is -1.02. The number of amides is 5. The fourth-order valence-electron chi connectivity index (χ4n) is 11.9. The van der Waals surface area contributed by atoms with E-state index < -0.39 is 18.1 Å². The van der Waals surface area contributed by atoms with Crippen LogP contribution in [0.5, 0.6) is 0 Å². The number of aromatic nitrogens is 10. The minimum absolute atomic E-state index is 0.0333. The van der Waals surface area contributed by atoms with Gasteiger partial charge in [-0.25, -0.2) is 29.9 Å². The number of ketones is 2. The zero-order valence-corrected chi connectivity index (χ0v) is 55.0. The Bertz CT molecular complexity index is 4250. The molecule has 2 aromatic carbocycles. The van der Waals surface area contributed by atoms with Crippen molar-refractivity contribution in [1.82, 2.24) is 69.5 Å². The third kappa shape index (κ3) is 13.8. The van der Waals surface area contributed by atoms with Crippen LogP contribution in [-0.4, -0.2) is 169 Å². The third-order valence-corrected chi connectivity index (χ3v) is 17.9. The summed E-state index contributed by atoms with van der Waals surface area (Å²) in [5.41, 5.74) is 5.92. The number of halogens is 2. The van der Waals surface area contributed by atoms with Gasteiger partial charge in [0.25, 0.3) is 0 Å². The van der Waals surface area contributed by atoms with Gasteiger partial charge < -0.3 is 35.8 Å². The summed E-state index contributed by atoms with van der Waals surface area (Å²) in [4.78, 5) is 133. The third-order valence-electron chi connectivity index (χ3n) is 17.0. The normalized spacial score (nSPS) is 19.9. The van der Waals surface area contributed by atoms with E-state index in [0.29, 0.717) is 78.0 Å². The van der Waals surface area contributed by atoms with E-state index in [1.807, 2.05) is 64.3 Å². The van der Waals surface area contributed by atoms with Crippen molar-refractivity contribution in [3.63, 3.8) is 0 Å². The van der Waals surface area contributed by atoms with Crippen LogP contribution in [0.4, 0.5) is 11.6 Å². The van der Waals surface area contributed by atoms with Crippen LogP contribution in [0.3, 0.4) is 0 Å². The molecule has 0 radical (unpaired) electrons. The number of benzene rings is 2. The van der Waals surface area contributed by atoms with Gasteiger partial charge in [0.05, 0.1) is 17.5 Å². The molecule has 4 N–H and O–H groups in total. The van der Waals surface area contributed by atoms with Gasteiger partial charge in [-0.3, -0.25) is 47.7 Å². The highest BCUT2D eigenvalue weighted by atomic mass is 79.9. The SMILES string of the molecule is CC(=O)c1nn(CC(=O)N2[C@H](C(=O)Nc3nc(Br)ccc3C)C[C@@]3(C)C[C@@H]23)c2ccc(-c3cnc(CC(=O)N(C)C)nc3)cc12.CC(=O)c1nn(CC(=O)N2[C@H](C(=O)Nc3nc(Br)ccc3C)C[C@@]3(C)C[C@@H]23)c2ccc(-c3cnc(CC(=O)O)nc3)cc12.CNC. The molecule has 6 atom stereocenters. The molecule has 0 bridgehead atoms. The van der Waals surface area contributed by atoms with E-state index in [1.54, 1.807) is 60.6 Å². The first-order valence-corrected chi connectivity index (χ1v) is 30.9. The number of aryl methyl sites for hydroxylation is 2. The van der Waals surface area contributed by atoms with Gasteiger partial charge in [-0.05, 0) is 155 Å². The van der Waals surface area contributed by atoms with Crippen molar-refractivity contribution >= 4 is 112 Å². The highest BCUT2D eigenvalue weighted by molar-refractivity contribution is 9.10. The topological polar surface area (TPSA) is 316 Å². The lowest BCUT2D eigenvalue weighted by molar-refractivity contribution is -0.138. The Morgan fingerprint density at radius 3 is 1.33 bits per heavy atom. The first-order valence-electron chi connectivity index (χ1n) is 29.4. The van der Waals surface area contributed by atoms with E-state index in [2.05, 4.69) is 102 Å². The number of carbonyl (C=O) groups excluding carboxylic acids is 7. The molecule has 12 rings (SSSR count). The molecule has 0 unspecified atom stereocenters. The first-order chi connectivity index (χ1) is 43.2. The predicted octanol–water partition coefficient (Wildman–Crippen LogP) is 7.45. The maximum atomic E-state index is 13.9. The lowest BCUT2D eigenvalue weighted by Gasteiger charge is -2.27. The number of likely N-dealkylation sites (N-methyl/N-ethyl adjacent to an activating group) is 1. The summed E-state index contributed by atoms with van der Waals surface area (Å²) in [5.74, 6) is -1.16. The largest absolute Gasteiger partial charge is 0.481 e. The molecule has 2 saturated carbocycles. The van der Waals surface area contributed by atoms with E-state index in [1.165, 1.54) is 40.5 Å². The number of hydrogen-bond acceptors (Lipinski definition) is 17. The molecule has 472 valence electrons. The Balaban J connectivity index is 0.000000192. The molecule has 4 fully saturated rings. The predicted molar refractivity (Wildman–Crippen MR) is 344 cm³/mol. The van der Waals surface area contributed by atoms with Gasteiger partial charge in [0.1, 0.15) is 75.5 Å². The van der Waals surface area contributed by atoms with Crippen molar-refractivity contribution < 1.29 is 43.5 Å². The zero-order chi connectivity index (χ0) is 65.5. The second-order valence-corrected chi connectivity index (χ2v) is 25.9. The molecule has 5 amide bonds. The van der Waals surface area contributed by atoms with Crippen LogP contribution in [0.25, 0.3) is 44.1 Å². The number of carbonyl (C=O) groups is 8. The van der Waals surface area contributed by atoms with Crippen molar-refractivity contribution in [2.45, 2.75) is 117 Å². The highest BCUT2D eigenvalue weighted by Gasteiger charge is 2.65. The van der Waals surface area contributed by atoms with Gasteiger partial charge in [0.2, 0.25) is 29.5 Å². The van der Waals surface area contributed by atoms with Crippen LogP contribution in [0.15, 0.2) is 94.7 Å². The average molecular weight is 1370 g/mol. The van der Waals surface area contributed by atoms with Crippen molar-refractivity contribution in [1.29, 1.82) is 0 Å². The van der Waals surface area contributed by atoms with E-state index in [-0.39, 0.29) is 107 Å². The summed E-state index contributed by atoms with van der Waals surface area (Å²) in [5, 5.41) is 27.7. The number of carboxylic acid groups (broad SMARTS) is 1. The summed E-state index contributed by atoms with van der Waals surface area (Å²) >= 11 is 6.69. The fraction of sp³-hybridized carbons (Fsp3) is 0.375. The van der Waals surface area contributed by atoms with Crippen LogP contribution in [-0.2, 0) is 54.7 Å². The van der Waals surface area contributed by atoms with Gasteiger partial charge in [0.15, 0.2) is 11.6 Å². The Hall–Kier alpha value is -9.08. The van der Waals surface area contributed by atoms with Gasteiger partial charge in [0, 0.05) is 86.7 Å². The van der Waals surface area contributed by atoms with E-state index >= 15 is 0 Å². The quantitative estimate of drug-likeness (QED) is 0.0539. The van der Waals surface area contributed by atoms with Crippen LogP contribution in [0, 0.1) is 24.7 Å². The number of anilines is 2. The van der Waals surface area contributed by atoms with Crippen LogP contribution in [0.2, 0.25) is 0 Å². The number of nitrogens with one attached hydrogen (secondary N) is 3. The number of rotatable bonds is 16. The Kier molecular flexibility index (Phi) is 18.6. The molecular weight excluding hydrogens is 1300 g/mol. The molecule has 8 aromatic rings. The number of carboxylic acids is 1. The number of pyridine rings is 2. The molecule has 0 spiro atoms. The van der Waals surface area contributed by atoms with Crippen LogP contribution in [0.1, 0.15) is 97.1 Å². The number of aliphatic carboxylic acids is 1. The monoisotopic (exact) mass is 1360 g/mol. The summed E-state index contributed by atoms with van der Waals surface area (Å²) in [6.45, 7) is 10.5. The summed E-state index contributed by atoms with van der Waals surface area (Å²) in [7, 11) is 7.11. The summed E-state index contributed by atoms with van der Waals surface area (Å²) < 4.78 is 4.25. The second-order valence-electron chi connectivity index (χ2n) is 24.3. The van der Waals surface area contributed by atoms with Gasteiger partial charge >= 0.3 is 5.97 Å². The fourth-order valence-corrected chi connectivity index (χ4v) is 12.5. The molecule has 2 saturated heterocycles. The molecule has 2 aliphatic carbocycles. The number of Topliss-reactive ketones (excluding diaryl/α,β-unsaturated/α-hetero) is 2. The summed E-state index contributed by atoms with van der Waals surface area (Å²) in [6, 6.07) is 16.8. The Morgan fingerprint density at radius 1 is 0.582 bits per heavy atom. The second kappa shape index (κ2) is 26.0. The molecule has 2 aliphatic heterocycles. The maximum Gasteiger partial charge on any atom is 0.311 e. The smallest absolute Gasteiger partial charge is 0.311 e. The van der Waals surface area contributed by atoms with Crippen LogP contribution >= 0.6 is 31.9 Å². The van der Waals surface area contributed by atoms with E-state index in [9.17, 15) is 38.4 Å². The number of fused-ring (bicyclic) bond motifs is 4. The standard InChI is InChI=1S/C32H33BrN8O4.C30H28BrN7O5.C2H7N/c1-17-6-9-25(33)36-30(17)37-31(45)23-12-32(3)13-24(32)41(23)28(44)16-40-22-8-7-19(10-21(22)29(38-40)18(2)42)20-14-34-26(35-15-20)11-27(43)39(4)5;1-15-4-7-23(31)34-28(15)35-29(43)21-10-30(3)11-22(30)38(21)25(40)14-37-20-6-5-17(8-19(20)27(36-37)16(2)39)18-12-32-24(33-13-18)9-26(41)42;1-3-2/h6-10,14-15,23-24H,11-13,16H2,1-5H3,(H,36,37,45);4-8,12-13,21-22H,9-11,14H2,1-3H3,(H,41,42)(H,34,35,43);3H,1-2H3/t23-,24+,32-;21-,22+,30-;/m00./s1. The number of piperidine rings is 2. The zero-order valence-electron chi connectivity index (χ0n) is 51.8. The van der Waals surface area contributed by atoms with Crippen molar-refractivity contribution in [3.8, 4) is 22.3 Å². The number of nitrogens with zero attached hydrogens (tertiary/aromatic N) is 13. The molecule has 27 heteroatoms. The molecule has 4 aliphatic rings. The summed E-state index contributed by atoms with van der Waals surface area (Å²) in [6.07, 6.45) is 8.94. The molecule has 6 aromatic heterocycles. The number of hydrogen-bond donors (Lipinski definition) is 4. The van der Waals surface area contributed by atoms with Gasteiger partial charge in [-0.1, -0.05) is 38.1 Å². The van der Waals surface area contributed by atoms with Gasteiger partial charge in [-0.2, -0.15) is 10.2 Å². The van der Waals surface area contributed by atoms with Crippen molar-refractivity contribution in [2.75, 3.05) is 38.8 Å². The first kappa shape index (κ1) is 64.9. The Labute approximate surface area is 540 Å². The molecular formula is C64H68Br2N16O9. The van der Waals surface area contributed by atoms with E-state index in [4.69, 9.17) is 5.11 Å². The maximum absolute atomic E-state index is 13.9. The van der Waals surface area contributed by atoms with Gasteiger partial charge in [-0.15, -0.1) is 0 Å². The Morgan fingerprint density at radius 2 is 0.967 bits per heavy atom. The lowest BCUT2D eigenvalue weighted by atomic mass is 10.0. The number of likely N-dealkylation sites (tertiary alicyclic amines) is 2. The van der Waals surface area contributed by atoms with Crippen molar-refractivity contribution in [3.05, 3.63) is 129 Å². The van der Waals surface area contributed by atoms with E-state index in [0.717, 1.165) is 29.5 Å². The van der Waals surface area contributed by atoms with Crippen molar-refractivity contribution in [2.24, 2.45) is 10.8 Å². The highest BCUT2D eigenvalue weighted by Crippen LogP contribution is 2.60. The lowest BCUT2D eigenvalue weighted by Crippen LogP contribution is -2.47.